The van der Waals surface area contributed by atoms with Crippen molar-refractivity contribution in [2.24, 2.45) is 0 Å². The Balaban J connectivity index is 1.79. The molecule has 0 aliphatic heterocycles. The standard InChI is InChI=1S/C63H74/c1-26-28(3)40(15)52(41(16)29(26)4)54-43(18)31(6)32(7)44(19)55(54)62-56-45(20)33(8)35(10)47(22)58(56)63(59-48(23)36(11)34(9)46(21)57(59)62)60-49(24)37(12)39(14)51-25-50-38(13)27(2)30(5)42(17)53(50)61(51)60/h25H2,1-24H3. The number of benzene rings is 7. The first-order valence-corrected chi connectivity index (χ1v) is 23.7. The van der Waals surface area contributed by atoms with Crippen molar-refractivity contribution in [2.45, 2.75) is 173 Å². The Bertz CT molecular complexity index is 3180. The molecule has 326 valence electrons. The third-order valence-corrected chi connectivity index (χ3v) is 18.7. The maximum Gasteiger partial charge on any atom is -0.000766 e. The van der Waals surface area contributed by atoms with E-state index < -0.39 is 0 Å². The molecule has 0 heteroatoms. The minimum Gasteiger partial charge on any atom is -0.0447 e. The minimum absolute atomic E-state index is 0.997. The summed E-state index contributed by atoms with van der Waals surface area (Å²) in [4.78, 5) is 0. The van der Waals surface area contributed by atoms with Crippen LogP contribution < -0.4 is 0 Å². The van der Waals surface area contributed by atoms with E-state index in [-0.39, 0.29) is 0 Å². The van der Waals surface area contributed by atoms with Crippen molar-refractivity contribution in [3.8, 4) is 44.5 Å². The summed E-state index contributed by atoms with van der Waals surface area (Å²) in [6.45, 7) is 57.4. The lowest BCUT2D eigenvalue weighted by Crippen LogP contribution is -2.09. The molecular formula is C63H74. The van der Waals surface area contributed by atoms with E-state index in [0.29, 0.717) is 0 Å². The Labute approximate surface area is 381 Å². The van der Waals surface area contributed by atoms with Crippen molar-refractivity contribution >= 4 is 21.5 Å². The first kappa shape index (κ1) is 44.7. The summed E-state index contributed by atoms with van der Waals surface area (Å²) in [6.07, 6.45) is 0.997. The van der Waals surface area contributed by atoms with Crippen molar-refractivity contribution < 1.29 is 0 Å². The van der Waals surface area contributed by atoms with Gasteiger partial charge in [0.25, 0.3) is 0 Å². The molecule has 0 nitrogen and oxygen atoms in total. The Morgan fingerprint density at radius 1 is 0.143 bits per heavy atom. The van der Waals surface area contributed by atoms with Crippen LogP contribution in [-0.2, 0) is 6.42 Å². The number of aryl methyl sites for hydroxylation is 4. The van der Waals surface area contributed by atoms with E-state index in [1.165, 1.54) is 211 Å². The molecule has 0 amide bonds. The van der Waals surface area contributed by atoms with E-state index in [2.05, 4.69) is 166 Å². The first-order chi connectivity index (χ1) is 29.3. The summed E-state index contributed by atoms with van der Waals surface area (Å²) in [5, 5.41) is 5.75. The van der Waals surface area contributed by atoms with Crippen LogP contribution in [0.4, 0.5) is 0 Å². The second kappa shape index (κ2) is 14.8. The molecule has 0 radical (unpaired) electrons. The third kappa shape index (κ3) is 5.64. The monoisotopic (exact) mass is 831 g/mol. The molecule has 0 fully saturated rings. The molecule has 7 aromatic rings. The van der Waals surface area contributed by atoms with Gasteiger partial charge in [0.05, 0.1) is 0 Å². The van der Waals surface area contributed by atoms with Crippen molar-refractivity contribution in [3.05, 3.63) is 145 Å². The zero-order valence-electron chi connectivity index (χ0n) is 43.7. The van der Waals surface area contributed by atoms with E-state index in [4.69, 9.17) is 0 Å². The highest BCUT2D eigenvalue weighted by Gasteiger charge is 2.35. The van der Waals surface area contributed by atoms with Crippen LogP contribution in [0.15, 0.2) is 0 Å². The summed E-state index contributed by atoms with van der Waals surface area (Å²) in [7, 11) is 0. The molecule has 7 aromatic carbocycles. The van der Waals surface area contributed by atoms with E-state index in [9.17, 15) is 0 Å². The predicted molar refractivity (Wildman–Crippen MR) is 280 cm³/mol. The lowest BCUT2D eigenvalue weighted by molar-refractivity contribution is 1.12. The Kier molecular flexibility index (Phi) is 10.5. The van der Waals surface area contributed by atoms with Gasteiger partial charge >= 0.3 is 0 Å². The molecule has 1 aliphatic rings. The maximum atomic E-state index is 2.44. The fourth-order valence-electron chi connectivity index (χ4n) is 12.6. The van der Waals surface area contributed by atoms with Crippen LogP contribution in [0.3, 0.4) is 0 Å². The number of hydrogen-bond donors (Lipinski definition) is 0. The van der Waals surface area contributed by atoms with Gasteiger partial charge in [-0.1, -0.05) is 0 Å². The third-order valence-electron chi connectivity index (χ3n) is 18.7. The van der Waals surface area contributed by atoms with Crippen LogP contribution >= 0.6 is 0 Å². The Morgan fingerprint density at radius 2 is 0.333 bits per heavy atom. The summed E-state index contributed by atoms with van der Waals surface area (Å²) in [5.74, 6) is 0. The van der Waals surface area contributed by atoms with Crippen LogP contribution in [0.25, 0.3) is 66.1 Å². The van der Waals surface area contributed by atoms with Crippen molar-refractivity contribution in [1.29, 1.82) is 0 Å². The first-order valence-electron chi connectivity index (χ1n) is 23.7. The Hall–Kier alpha value is -4.94. The van der Waals surface area contributed by atoms with Gasteiger partial charge in [0.2, 0.25) is 0 Å². The van der Waals surface area contributed by atoms with Crippen molar-refractivity contribution in [2.75, 3.05) is 0 Å². The highest BCUT2D eigenvalue weighted by molar-refractivity contribution is 6.28. The predicted octanol–water partition coefficient (Wildman–Crippen LogP) is 18.0. The van der Waals surface area contributed by atoms with Gasteiger partial charge in [-0.25, -0.2) is 0 Å². The van der Waals surface area contributed by atoms with Gasteiger partial charge in [-0.05, 0) is 383 Å². The molecule has 0 heterocycles. The lowest BCUT2D eigenvalue weighted by Gasteiger charge is -2.32. The molecule has 0 spiro atoms. The average Bonchev–Trinajstić information content (AvgIpc) is 3.66. The van der Waals surface area contributed by atoms with Gasteiger partial charge in [-0.2, -0.15) is 0 Å². The van der Waals surface area contributed by atoms with E-state index in [1.54, 1.807) is 0 Å². The number of rotatable bonds is 3. The molecule has 0 saturated carbocycles. The van der Waals surface area contributed by atoms with Gasteiger partial charge in [-0.3, -0.25) is 0 Å². The topological polar surface area (TPSA) is 0 Å². The molecule has 0 atom stereocenters. The minimum atomic E-state index is 0.997. The second-order valence-corrected chi connectivity index (χ2v) is 20.6. The quantitative estimate of drug-likeness (QED) is 0.156. The lowest BCUT2D eigenvalue weighted by atomic mass is 9.71. The summed E-state index contributed by atoms with van der Waals surface area (Å²) >= 11 is 0. The molecule has 0 bridgehead atoms. The van der Waals surface area contributed by atoms with Gasteiger partial charge in [0, 0.05) is 0 Å². The summed E-state index contributed by atoms with van der Waals surface area (Å²) in [6, 6.07) is 0. The largest absolute Gasteiger partial charge is 0.0447 e. The maximum absolute atomic E-state index is 2.44. The second-order valence-electron chi connectivity index (χ2n) is 20.6. The molecule has 0 saturated heterocycles. The fraction of sp³-hybridized carbons (Fsp3) is 0.397. The van der Waals surface area contributed by atoms with Crippen LogP contribution in [0.5, 0.6) is 0 Å². The highest BCUT2D eigenvalue weighted by Crippen LogP contribution is 2.58. The molecule has 0 unspecified atom stereocenters. The number of fused-ring (bicyclic) bond motifs is 5. The molecule has 8 rings (SSSR count). The van der Waals surface area contributed by atoms with Gasteiger partial charge in [0.15, 0.2) is 0 Å². The zero-order chi connectivity index (χ0) is 46.6. The van der Waals surface area contributed by atoms with Crippen LogP contribution in [0.2, 0.25) is 0 Å². The van der Waals surface area contributed by atoms with E-state index >= 15 is 0 Å². The average molecular weight is 831 g/mol. The van der Waals surface area contributed by atoms with Crippen molar-refractivity contribution in [3.63, 3.8) is 0 Å². The van der Waals surface area contributed by atoms with Crippen LogP contribution in [0, 0.1) is 166 Å². The highest BCUT2D eigenvalue weighted by atomic mass is 14.4. The molecule has 1 aliphatic carbocycles. The zero-order valence-corrected chi connectivity index (χ0v) is 43.7. The van der Waals surface area contributed by atoms with Gasteiger partial charge in [-0.15, -0.1) is 0 Å². The summed E-state index contributed by atoms with van der Waals surface area (Å²) < 4.78 is 0. The smallest absolute Gasteiger partial charge is 0.000766 e. The molecule has 0 aromatic heterocycles. The van der Waals surface area contributed by atoms with E-state index in [0.717, 1.165) is 6.42 Å². The van der Waals surface area contributed by atoms with E-state index in [1.807, 2.05) is 0 Å². The van der Waals surface area contributed by atoms with Crippen LogP contribution in [-0.4, -0.2) is 0 Å². The molecule has 0 N–H and O–H groups in total. The fourth-order valence-corrected chi connectivity index (χ4v) is 12.6. The van der Waals surface area contributed by atoms with Crippen LogP contribution in [0.1, 0.15) is 145 Å². The molecular weight excluding hydrogens is 757 g/mol. The van der Waals surface area contributed by atoms with Gasteiger partial charge in [0.1, 0.15) is 0 Å². The van der Waals surface area contributed by atoms with Crippen molar-refractivity contribution in [1.82, 2.24) is 0 Å². The SMILES string of the molecule is Cc1c(C)c(C)c(-c2c(C)c(C)c(C)c(C)c2-c2c3c(C)c(C)c(C)c(C)c3c(-c3c(C)c(C)c(C)c4c3-c3c(C)c(C)c(C)c(C)c3C4)c3c(C)c(C)c(C)c(C)c23)c(C)c1C. The molecule has 63 heavy (non-hydrogen) atoms. The number of hydrogen-bond acceptors (Lipinski definition) is 0. The summed E-state index contributed by atoms with van der Waals surface area (Å²) in [5.41, 5.74) is 48.7. The normalized spacial score (nSPS) is 12.4. The Morgan fingerprint density at radius 3 is 0.667 bits per heavy atom. The van der Waals surface area contributed by atoms with Gasteiger partial charge < -0.3 is 0 Å².